The molecule has 1 fully saturated rings. The van der Waals surface area contributed by atoms with Crippen molar-refractivity contribution in [1.82, 2.24) is 19.5 Å². The number of amides is 1. The summed E-state index contributed by atoms with van der Waals surface area (Å²) < 4.78 is 38.2. The first-order valence-electron chi connectivity index (χ1n) is 10.8. The lowest BCUT2D eigenvalue weighted by Crippen LogP contribution is -2.39. The number of hydrogen-bond acceptors (Lipinski definition) is 8. The van der Waals surface area contributed by atoms with Gasteiger partial charge in [-0.1, -0.05) is 11.8 Å². The maximum Gasteiger partial charge on any atom is 0.265 e. The van der Waals surface area contributed by atoms with Crippen LogP contribution in [-0.2, 0) is 14.8 Å². The van der Waals surface area contributed by atoms with Gasteiger partial charge in [-0.05, 0) is 42.2 Å². The third-order valence-electron chi connectivity index (χ3n) is 5.60. The number of rotatable bonds is 8. The molecule has 4 rings (SSSR count). The van der Waals surface area contributed by atoms with Crippen LogP contribution in [-0.4, -0.2) is 67.7 Å². The fourth-order valence-corrected chi connectivity index (χ4v) is 5.46. The molecule has 0 spiro atoms. The second-order valence-corrected chi connectivity index (χ2v) is 10.1. The Hall–Kier alpha value is -3.38. The summed E-state index contributed by atoms with van der Waals surface area (Å²) in [6, 6.07) is 9.52. The number of carbonyl (C=O) groups is 1. The monoisotopic (exact) mass is 489 g/mol. The number of methoxy groups -OCH3 is 2. The predicted molar refractivity (Wildman–Crippen MR) is 124 cm³/mol. The van der Waals surface area contributed by atoms with E-state index in [1.165, 1.54) is 30.7 Å². The Bertz CT molecular complexity index is 1270. The molecule has 1 saturated heterocycles. The summed E-state index contributed by atoms with van der Waals surface area (Å²) in [4.78, 5) is 19.1. The number of fused-ring (bicyclic) bond motifs is 1. The molecule has 1 aliphatic rings. The van der Waals surface area contributed by atoms with Crippen molar-refractivity contribution in [2.75, 3.05) is 39.2 Å². The molecule has 0 radical (unpaired) electrons. The molecule has 1 amide bonds. The molecule has 1 N–H and O–H groups in total. The van der Waals surface area contributed by atoms with Gasteiger partial charge in [0.05, 0.1) is 19.1 Å². The number of nitrogens with one attached hydrogen (secondary N) is 1. The summed E-state index contributed by atoms with van der Waals surface area (Å²) >= 11 is 0. The predicted octanol–water partition coefficient (Wildman–Crippen LogP) is 1.94. The van der Waals surface area contributed by atoms with Gasteiger partial charge in [-0.15, -0.1) is 5.10 Å². The van der Waals surface area contributed by atoms with Gasteiger partial charge in [0.2, 0.25) is 10.0 Å². The van der Waals surface area contributed by atoms with Crippen LogP contribution in [0.3, 0.4) is 0 Å². The number of aromatic nitrogens is 3. The second kappa shape index (κ2) is 9.85. The van der Waals surface area contributed by atoms with Crippen molar-refractivity contribution in [3.63, 3.8) is 0 Å². The number of anilines is 1. The lowest BCUT2D eigenvalue weighted by Gasteiger charge is -2.30. The normalized spacial score (nSPS) is 16.9. The third-order valence-corrected chi connectivity index (χ3v) is 7.46. The topological polar surface area (TPSA) is 125 Å². The van der Waals surface area contributed by atoms with E-state index in [0.717, 1.165) is 17.7 Å². The molecule has 3 aromatic rings. The zero-order valence-electron chi connectivity index (χ0n) is 19.2. The van der Waals surface area contributed by atoms with Gasteiger partial charge >= 0.3 is 0 Å². The molecule has 0 saturated carbocycles. The molecule has 1 atom stereocenters. The first kappa shape index (κ1) is 23.8. The molecule has 0 aliphatic carbocycles. The summed E-state index contributed by atoms with van der Waals surface area (Å²) in [5.74, 6) is 0.903. The molecular weight excluding hydrogens is 462 g/mol. The van der Waals surface area contributed by atoms with Crippen LogP contribution < -0.4 is 19.6 Å². The van der Waals surface area contributed by atoms with Gasteiger partial charge < -0.3 is 19.6 Å². The van der Waals surface area contributed by atoms with E-state index >= 15 is 0 Å². The van der Waals surface area contributed by atoms with Gasteiger partial charge in [-0.2, -0.15) is 4.31 Å². The summed E-state index contributed by atoms with van der Waals surface area (Å²) in [6.45, 7) is 2.65. The minimum absolute atomic E-state index is 0.133. The van der Waals surface area contributed by atoms with E-state index in [2.05, 4.69) is 15.6 Å². The smallest absolute Gasteiger partial charge is 0.265 e. The number of piperidine rings is 1. The molecule has 0 bridgehead atoms. The number of sulfonamides is 1. The molecule has 1 aromatic heterocycles. The standard InChI is InChI=1S/C22H27N5O6S/c1-15-5-4-8-26(13-15)34(29,30)19-6-7-20-21(12-19)27(25-24-20)33-14-22(28)23-16-9-17(31-2)11-18(10-16)32-3/h6-7,9-12,15H,4-5,8,13-14H2,1-3H3,(H,23,28). The van der Waals surface area contributed by atoms with E-state index in [-0.39, 0.29) is 11.5 Å². The van der Waals surface area contributed by atoms with Crippen LogP contribution >= 0.6 is 0 Å². The average Bonchev–Trinajstić information content (AvgIpc) is 3.24. The number of benzene rings is 2. The van der Waals surface area contributed by atoms with E-state index in [9.17, 15) is 13.2 Å². The summed E-state index contributed by atoms with van der Waals surface area (Å²) in [7, 11) is -0.633. The minimum Gasteiger partial charge on any atom is -0.497 e. The second-order valence-electron chi connectivity index (χ2n) is 8.15. The molecule has 2 heterocycles. The number of hydrogen-bond donors (Lipinski definition) is 1. The molecule has 1 unspecified atom stereocenters. The Morgan fingerprint density at radius 1 is 1.15 bits per heavy atom. The van der Waals surface area contributed by atoms with Crippen LogP contribution in [0, 0.1) is 5.92 Å². The molecular formula is C22H27N5O6S. The van der Waals surface area contributed by atoms with Crippen molar-refractivity contribution < 1.29 is 27.5 Å². The minimum atomic E-state index is -3.66. The number of ether oxygens (including phenoxy) is 2. The van der Waals surface area contributed by atoms with E-state index in [1.807, 2.05) is 6.92 Å². The van der Waals surface area contributed by atoms with Crippen LogP contribution in [0.4, 0.5) is 5.69 Å². The Morgan fingerprint density at radius 3 is 2.56 bits per heavy atom. The summed E-state index contributed by atoms with van der Waals surface area (Å²) in [5.41, 5.74) is 1.27. The van der Waals surface area contributed by atoms with Crippen molar-refractivity contribution in [3.05, 3.63) is 36.4 Å². The van der Waals surface area contributed by atoms with E-state index in [0.29, 0.717) is 47.2 Å². The van der Waals surface area contributed by atoms with E-state index < -0.39 is 15.9 Å². The van der Waals surface area contributed by atoms with Gasteiger partial charge in [0.25, 0.3) is 5.91 Å². The van der Waals surface area contributed by atoms with Crippen LogP contribution in [0.25, 0.3) is 11.0 Å². The van der Waals surface area contributed by atoms with Crippen molar-refractivity contribution >= 4 is 32.7 Å². The highest BCUT2D eigenvalue weighted by molar-refractivity contribution is 7.89. The van der Waals surface area contributed by atoms with Gasteiger partial charge in [0.15, 0.2) is 6.61 Å². The number of carbonyl (C=O) groups excluding carboxylic acids is 1. The van der Waals surface area contributed by atoms with Crippen molar-refractivity contribution in [3.8, 4) is 11.5 Å². The molecule has 182 valence electrons. The zero-order valence-corrected chi connectivity index (χ0v) is 20.0. The zero-order chi connectivity index (χ0) is 24.3. The Kier molecular flexibility index (Phi) is 6.89. The highest BCUT2D eigenvalue weighted by Crippen LogP contribution is 2.26. The maximum atomic E-state index is 13.1. The highest BCUT2D eigenvalue weighted by Gasteiger charge is 2.29. The first-order valence-corrected chi connectivity index (χ1v) is 12.3. The Morgan fingerprint density at radius 2 is 1.88 bits per heavy atom. The molecule has 1 aliphatic heterocycles. The largest absolute Gasteiger partial charge is 0.497 e. The lowest BCUT2D eigenvalue weighted by molar-refractivity contribution is -0.121. The van der Waals surface area contributed by atoms with Gasteiger partial charge in [-0.3, -0.25) is 4.79 Å². The van der Waals surface area contributed by atoms with Crippen LogP contribution in [0.1, 0.15) is 19.8 Å². The van der Waals surface area contributed by atoms with E-state index in [1.54, 1.807) is 24.3 Å². The van der Waals surface area contributed by atoms with Crippen molar-refractivity contribution in [2.45, 2.75) is 24.7 Å². The van der Waals surface area contributed by atoms with E-state index in [4.69, 9.17) is 14.3 Å². The Labute approximate surface area is 197 Å². The molecule has 11 nitrogen and oxygen atoms in total. The molecule has 2 aromatic carbocycles. The van der Waals surface area contributed by atoms with Crippen molar-refractivity contribution in [2.24, 2.45) is 5.92 Å². The highest BCUT2D eigenvalue weighted by atomic mass is 32.2. The van der Waals surface area contributed by atoms with Gasteiger partial charge in [0, 0.05) is 37.0 Å². The molecule has 12 heteroatoms. The fourth-order valence-electron chi connectivity index (χ4n) is 3.84. The maximum absolute atomic E-state index is 13.1. The SMILES string of the molecule is COc1cc(NC(=O)COn2nnc3ccc(S(=O)(=O)N4CCCC(C)C4)cc32)cc(OC)c1. The summed E-state index contributed by atoms with van der Waals surface area (Å²) in [6.07, 6.45) is 1.85. The quantitative estimate of drug-likeness (QED) is 0.509. The fraction of sp³-hybridized carbons (Fsp3) is 0.409. The van der Waals surface area contributed by atoms with Crippen LogP contribution in [0.2, 0.25) is 0 Å². The van der Waals surface area contributed by atoms with Gasteiger partial charge in [0.1, 0.15) is 22.5 Å². The summed E-state index contributed by atoms with van der Waals surface area (Å²) in [5, 5.41) is 10.6. The first-order chi connectivity index (χ1) is 16.3. The van der Waals surface area contributed by atoms with Crippen LogP contribution in [0.5, 0.6) is 11.5 Å². The van der Waals surface area contributed by atoms with Crippen molar-refractivity contribution in [1.29, 1.82) is 0 Å². The lowest BCUT2D eigenvalue weighted by atomic mass is 10.0. The average molecular weight is 490 g/mol. The third kappa shape index (κ3) is 5.07. The Balaban J connectivity index is 1.48. The van der Waals surface area contributed by atoms with Crippen LogP contribution in [0.15, 0.2) is 41.3 Å². The number of nitrogens with zero attached hydrogens (tertiary/aromatic N) is 4. The van der Waals surface area contributed by atoms with Gasteiger partial charge in [-0.25, -0.2) is 8.42 Å². The molecule has 34 heavy (non-hydrogen) atoms.